The molecule has 0 aliphatic carbocycles. The molecule has 0 bridgehead atoms. The van der Waals surface area contributed by atoms with Crippen molar-refractivity contribution in [1.29, 1.82) is 0 Å². The van der Waals surface area contributed by atoms with Gasteiger partial charge in [0.15, 0.2) is 0 Å². The maximum absolute atomic E-state index is 13.2. The number of hydrogen-bond acceptors (Lipinski definition) is 3. The van der Waals surface area contributed by atoms with Gasteiger partial charge in [0, 0.05) is 22.5 Å². The van der Waals surface area contributed by atoms with Gasteiger partial charge in [-0.3, -0.25) is 4.98 Å². The van der Waals surface area contributed by atoms with Gasteiger partial charge in [0.25, 0.3) is 0 Å². The van der Waals surface area contributed by atoms with Crippen molar-refractivity contribution in [3.63, 3.8) is 0 Å². The van der Waals surface area contributed by atoms with E-state index >= 15 is 0 Å². The Morgan fingerprint density at radius 1 is 1.06 bits per heavy atom. The first-order valence-corrected chi connectivity index (χ1v) is 10.8. The van der Waals surface area contributed by atoms with Crippen LogP contribution in [0, 0.1) is 12.7 Å². The fourth-order valence-corrected chi connectivity index (χ4v) is 3.50. The first-order valence-electron chi connectivity index (χ1n) is 10.5. The Labute approximate surface area is 197 Å². The van der Waals surface area contributed by atoms with Gasteiger partial charge in [0.1, 0.15) is 18.2 Å². The summed E-state index contributed by atoms with van der Waals surface area (Å²) in [4.78, 5) is 15.5. The van der Waals surface area contributed by atoms with Crippen molar-refractivity contribution in [3.8, 4) is 22.7 Å². The second kappa shape index (κ2) is 10.8. The second-order valence-electron chi connectivity index (χ2n) is 6.99. The summed E-state index contributed by atoms with van der Waals surface area (Å²) in [6.45, 7) is 6.17. The molecule has 4 aromatic rings. The quantitative estimate of drug-likeness (QED) is 0.334. The van der Waals surface area contributed by atoms with E-state index in [4.69, 9.17) is 16.3 Å². The highest BCUT2D eigenvalue weighted by molar-refractivity contribution is 6.31. The predicted octanol–water partition coefficient (Wildman–Crippen LogP) is 6.94. The monoisotopic (exact) mass is 466 g/mol. The molecule has 7 heteroatoms. The van der Waals surface area contributed by atoms with Crippen LogP contribution in [0.5, 0.6) is 5.75 Å². The van der Waals surface area contributed by atoms with Crippen molar-refractivity contribution < 1.29 is 19.0 Å². The Morgan fingerprint density at radius 2 is 1.79 bits per heavy atom. The maximum Gasteiger partial charge on any atom is 0.337 e. The maximum atomic E-state index is 13.2. The lowest BCUT2D eigenvalue weighted by Gasteiger charge is -2.16. The number of aromatic carboxylic acids is 1. The van der Waals surface area contributed by atoms with Crippen molar-refractivity contribution in [2.45, 2.75) is 27.4 Å². The standard InChI is InChI=1S/C24H18ClFN2O3.C2H6/c1-15-2-8-22(28(15)20-10-17(24(29)30)12-27-13-20)21-11-18(25)5-9-23(21)31-14-16-3-6-19(26)7-4-16;1-2/h2-13H,14H2,1H3,(H,29,30);1-2H3. The van der Waals surface area contributed by atoms with Crippen molar-refractivity contribution in [2.75, 3.05) is 0 Å². The number of benzene rings is 2. The SMILES string of the molecule is CC.Cc1ccc(-c2cc(Cl)ccc2OCc2ccc(F)cc2)n1-c1cncc(C(=O)O)c1. The fourth-order valence-electron chi connectivity index (χ4n) is 3.33. The molecule has 0 radical (unpaired) electrons. The molecule has 0 amide bonds. The normalized spacial score (nSPS) is 10.3. The second-order valence-corrected chi connectivity index (χ2v) is 7.42. The summed E-state index contributed by atoms with van der Waals surface area (Å²) in [5.74, 6) is -0.761. The van der Waals surface area contributed by atoms with Crippen LogP contribution in [-0.4, -0.2) is 20.6 Å². The van der Waals surface area contributed by atoms with E-state index in [1.807, 2.05) is 37.5 Å². The van der Waals surface area contributed by atoms with Crippen molar-refractivity contribution in [1.82, 2.24) is 9.55 Å². The number of carboxylic acids is 1. The van der Waals surface area contributed by atoms with Crippen molar-refractivity contribution in [2.24, 2.45) is 0 Å². The molecule has 0 unspecified atom stereocenters. The van der Waals surface area contributed by atoms with Gasteiger partial charge in [-0.1, -0.05) is 37.6 Å². The molecule has 0 saturated carbocycles. The van der Waals surface area contributed by atoms with Crippen LogP contribution in [0.1, 0.15) is 35.5 Å². The van der Waals surface area contributed by atoms with Crippen LogP contribution in [0.25, 0.3) is 16.9 Å². The molecule has 170 valence electrons. The minimum Gasteiger partial charge on any atom is -0.488 e. The van der Waals surface area contributed by atoms with Crippen LogP contribution in [-0.2, 0) is 6.61 Å². The lowest BCUT2D eigenvalue weighted by atomic mass is 10.1. The van der Waals surface area contributed by atoms with Crippen LogP contribution in [0.2, 0.25) is 5.02 Å². The third-order valence-corrected chi connectivity index (χ3v) is 5.07. The number of hydrogen-bond donors (Lipinski definition) is 1. The number of nitrogens with zero attached hydrogens (tertiary/aromatic N) is 2. The minimum absolute atomic E-state index is 0.0930. The van der Waals surface area contributed by atoms with E-state index in [0.29, 0.717) is 16.5 Å². The van der Waals surface area contributed by atoms with Crippen molar-refractivity contribution >= 4 is 17.6 Å². The van der Waals surface area contributed by atoms with Gasteiger partial charge in [-0.2, -0.15) is 0 Å². The third-order valence-electron chi connectivity index (χ3n) is 4.83. The summed E-state index contributed by atoms with van der Waals surface area (Å²) in [5, 5.41) is 9.86. The van der Waals surface area contributed by atoms with E-state index in [0.717, 1.165) is 22.5 Å². The van der Waals surface area contributed by atoms with E-state index in [-0.39, 0.29) is 18.0 Å². The number of pyridine rings is 1. The highest BCUT2D eigenvalue weighted by atomic mass is 35.5. The van der Waals surface area contributed by atoms with Crippen molar-refractivity contribution in [3.05, 3.63) is 101 Å². The molecular weight excluding hydrogens is 443 g/mol. The number of carboxylic acid groups (broad SMARTS) is 1. The van der Waals surface area contributed by atoms with Gasteiger partial charge in [-0.15, -0.1) is 0 Å². The van der Waals surface area contributed by atoms with E-state index in [9.17, 15) is 14.3 Å². The summed E-state index contributed by atoms with van der Waals surface area (Å²) in [5.41, 5.74) is 3.94. The Hall–Kier alpha value is -3.64. The molecule has 2 aromatic carbocycles. The van der Waals surface area contributed by atoms with Crippen LogP contribution < -0.4 is 4.74 Å². The highest BCUT2D eigenvalue weighted by Crippen LogP contribution is 2.36. The first-order chi connectivity index (χ1) is 15.9. The third kappa shape index (κ3) is 5.59. The van der Waals surface area contributed by atoms with Gasteiger partial charge in [0.2, 0.25) is 0 Å². The van der Waals surface area contributed by atoms with E-state index in [1.54, 1.807) is 42.6 Å². The predicted molar refractivity (Wildman–Crippen MR) is 128 cm³/mol. The summed E-state index contributed by atoms with van der Waals surface area (Å²) in [6.07, 6.45) is 2.91. The van der Waals surface area contributed by atoms with Gasteiger partial charge >= 0.3 is 5.97 Å². The zero-order valence-electron chi connectivity index (χ0n) is 18.5. The van der Waals surface area contributed by atoms with E-state index in [2.05, 4.69) is 4.98 Å². The lowest BCUT2D eigenvalue weighted by Crippen LogP contribution is -2.04. The van der Waals surface area contributed by atoms with E-state index < -0.39 is 5.97 Å². The van der Waals surface area contributed by atoms with Crippen LogP contribution in [0.15, 0.2) is 73.1 Å². The molecule has 33 heavy (non-hydrogen) atoms. The van der Waals surface area contributed by atoms with Crippen LogP contribution in [0.4, 0.5) is 4.39 Å². The number of aromatic nitrogens is 2. The van der Waals surface area contributed by atoms with Crippen LogP contribution in [0.3, 0.4) is 0 Å². The van der Waals surface area contributed by atoms with E-state index in [1.165, 1.54) is 18.3 Å². The molecule has 2 heterocycles. The fraction of sp³-hybridized carbons (Fsp3) is 0.154. The zero-order valence-corrected chi connectivity index (χ0v) is 19.3. The average molecular weight is 467 g/mol. The smallest absolute Gasteiger partial charge is 0.337 e. The molecule has 0 aliphatic rings. The summed E-state index contributed by atoms with van der Waals surface area (Å²) < 4.78 is 21.1. The highest BCUT2D eigenvalue weighted by Gasteiger charge is 2.16. The minimum atomic E-state index is -1.05. The van der Waals surface area contributed by atoms with Gasteiger partial charge in [-0.05, 0) is 61.0 Å². The molecule has 2 aromatic heterocycles. The summed E-state index contributed by atoms with van der Waals surface area (Å²) in [6, 6.07) is 16.8. The molecule has 0 atom stereocenters. The van der Waals surface area contributed by atoms with Gasteiger partial charge in [-0.25, -0.2) is 9.18 Å². The number of rotatable bonds is 6. The average Bonchev–Trinajstić information content (AvgIpc) is 3.22. The Morgan fingerprint density at radius 3 is 2.48 bits per heavy atom. The zero-order chi connectivity index (χ0) is 24.0. The molecule has 0 saturated heterocycles. The molecule has 0 spiro atoms. The summed E-state index contributed by atoms with van der Waals surface area (Å²) in [7, 11) is 0. The molecule has 5 nitrogen and oxygen atoms in total. The van der Waals surface area contributed by atoms with Gasteiger partial charge in [0.05, 0.1) is 23.1 Å². The van der Waals surface area contributed by atoms with Crippen LogP contribution >= 0.6 is 11.6 Å². The first kappa shape index (κ1) is 24.0. The number of halogens is 2. The number of carbonyl (C=O) groups is 1. The van der Waals surface area contributed by atoms with Gasteiger partial charge < -0.3 is 14.4 Å². The molecule has 0 fully saturated rings. The molecule has 4 rings (SSSR count). The molecular formula is C26H24ClFN2O3. The Bertz CT molecular complexity index is 1250. The topological polar surface area (TPSA) is 64.4 Å². The molecule has 1 N–H and O–H groups in total. The summed E-state index contributed by atoms with van der Waals surface area (Å²) >= 11 is 6.28. The Kier molecular flexibility index (Phi) is 7.85. The molecule has 0 aliphatic heterocycles. The number of aryl methyl sites for hydroxylation is 1. The lowest BCUT2D eigenvalue weighted by molar-refractivity contribution is 0.0696. The Balaban J connectivity index is 0.00000149. The largest absolute Gasteiger partial charge is 0.488 e. The number of ether oxygens (including phenoxy) is 1.